The maximum atomic E-state index is 13.6. The molecule has 2 N–H and O–H groups in total. The summed E-state index contributed by atoms with van der Waals surface area (Å²) in [5.74, 6) is -1.11. The second-order valence-corrected chi connectivity index (χ2v) is 9.23. The van der Waals surface area contributed by atoms with Crippen LogP contribution in [-0.2, 0) is 27.9 Å². The molecular formula is C26H31N7O3. The number of nitrogen functional groups attached to an aromatic ring is 1. The molecule has 0 unspecified atom stereocenters. The minimum atomic E-state index is -0.931. The number of rotatable bonds is 8. The summed E-state index contributed by atoms with van der Waals surface area (Å²) in [6, 6.07) is 8.08. The van der Waals surface area contributed by atoms with Gasteiger partial charge in [-0.3, -0.25) is 33.8 Å². The summed E-state index contributed by atoms with van der Waals surface area (Å²) in [6.45, 7) is 3.89. The predicted molar refractivity (Wildman–Crippen MR) is 135 cm³/mol. The van der Waals surface area contributed by atoms with Crippen molar-refractivity contribution < 1.29 is 14.4 Å². The maximum absolute atomic E-state index is 13.6. The van der Waals surface area contributed by atoms with E-state index in [2.05, 4.69) is 15.1 Å². The molecular weight excluding hydrogens is 458 g/mol. The Morgan fingerprint density at radius 2 is 1.97 bits per heavy atom. The first-order chi connectivity index (χ1) is 17.2. The van der Waals surface area contributed by atoms with E-state index >= 15 is 0 Å². The number of anilines is 2. The lowest BCUT2D eigenvalue weighted by atomic mass is 9.80. The van der Waals surface area contributed by atoms with E-state index in [4.69, 9.17) is 5.73 Å². The standard InChI is InChI=1S/C26H31N7O3/c1-5-18(19-7-6-16(2)29-15-19)14-23(34)33-24(26(36)32(4)22-9-11-31(3)30-22)20(25(33)35)12-17-8-10-28-21(27)13-17/h6-11,13,15,18,20,24H,5,12,14H2,1-4H3,(H2,27,28)/t18-,20+,24-/m0/s1. The molecule has 3 amide bonds. The van der Waals surface area contributed by atoms with Crippen LogP contribution in [0, 0.1) is 12.8 Å². The second kappa shape index (κ2) is 10.3. The van der Waals surface area contributed by atoms with Gasteiger partial charge >= 0.3 is 0 Å². The first-order valence-electron chi connectivity index (χ1n) is 12.0. The van der Waals surface area contributed by atoms with Crippen LogP contribution in [0.2, 0.25) is 0 Å². The summed E-state index contributed by atoms with van der Waals surface area (Å²) in [4.78, 5) is 51.2. The van der Waals surface area contributed by atoms with E-state index in [0.717, 1.165) is 21.7 Å². The summed E-state index contributed by atoms with van der Waals surface area (Å²) in [6.07, 6.45) is 6.15. The van der Waals surface area contributed by atoms with Crippen molar-refractivity contribution in [3.63, 3.8) is 0 Å². The number of nitrogens with two attached hydrogens (primary N) is 1. The Kier molecular flexibility index (Phi) is 7.14. The first kappa shape index (κ1) is 25.0. The zero-order valence-electron chi connectivity index (χ0n) is 21.0. The predicted octanol–water partition coefficient (Wildman–Crippen LogP) is 2.24. The molecule has 36 heavy (non-hydrogen) atoms. The molecule has 0 saturated carbocycles. The van der Waals surface area contributed by atoms with Crippen LogP contribution in [0.25, 0.3) is 0 Å². The van der Waals surface area contributed by atoms with Crippen LogP contribution < -0.4 is 10.6 Å². The number of aryl methyl sites for hydroxylation is 2. The number of pyridine rings is 2. The highest BCUT2D eigenvalue weighted by Gasteiger charge is 2.55. The van der Waals surface area contributed by atoms with Gasteiger partial charge in [-0.05, 0) is 55.0 Å². The molecule has 0 aromatic carbocycles. The lowest BCUT2D eigenvalue weighted by molar-refractivity contribution is -0.170. The van der Waals surface area contributed by atoms with Crippen LogP contribution in [0.1, 0.15) is 42.5 Å². The Morgan fingerprint density at radius 3 is 2.58 bits per heavy atom. The topological polar surface area (TPSA) is 127 Å². The quantitative estimate of drug-likeness (QED) is 0.481. The summed E-state index contributed by atoms with van der Waals surface area (Å²) in [7, 11) is 3.36. The number of imide groups is 1. The monoisotopic (exact) mass is 489 g/mol. The van der Waals surface area contributed by atoms with E-state index in [-0.39, 0.29) is 36.5 Å². The molecule has 3 aromatic heterocycles. The summed E-state index contributed by atoms with van der Waals surface area (Å²) >= 11 is 0. The van der Waals surface area contributed by atoms with Crippen molar-refractivity contribution in [1.82, 2.24) is 24.6 Å². The fourth-order valence-electron chi connectivity index (χ4n) is 4.60. The Labute approximate surface area is 210 Å². The number of nitrogens with zero attached hydrogens (tertiary/aromatic N) is 6. The van der Waals surface area contributed by atoms with E-state index in [0.29, 0.717) is 18.1 Å². The van der Waals surface area contributed by atoms with Gasteiger partial charge in [0, 0.05) is 50.9 Å². The minimum absolute atomic E-state index is 0.110. The van der Waals surface area contributed by atoms with E-state index in [1.165, 1.54) is 4.90 Å². The van der Waals surface area contributed by atoms with Crippen molar-refractivity contribution in [3.8, 4) is 0 Å². The molecule has 1 saturated heterocycles. The molecule has 0 spiro atoms. The van der Waals surface area contributed by atoms with Crippen LogP contribution in [0.3, 0.4) is 0 Å². The number of hydrogen-bond acceptors (Lipinski definition) is 7. The molecule has 3 atom stereocenters. The van der Waals surface area contributed by atoms with Crippen LogP contribution >= 0.6 is 0 Å². The fourth-order valence-corrected chi connectivity index (χ4v) is 4.60. The van der Waals surface area contributed by atoms with Crippen LogP contribution in [0.5, 0.6) is 0 Å². The molecule has 10 heteroatoms. The highest BCUT2D eigenvalue weighted by Crippen LogP contribution is 2.35. The molecule has 4 rings (SSSR count). The van der Waals surface area contributed by atoms with Crippen molar-refractivity contribution in [2.45, 2.75) is 45.1 Å². The first-order valence-corrected chi connectivity index (χ1v) is 12.0. The van der Waals surface area contributed by atoms with Gasteiger partial charge in [0.2, 0.25) is 11.8 Å². The third-order valence-electron chi connectivity index (χ3n) is 6.73. The Bertz CT molecular complexity index is 1270. The van der Waals surface area contributed by atoms with Gasteiger partial charge < -0.3 is 5.73 Å². The lowest BCUT2D eigenvalue weighted by Gasteiger charge is -2.46. The Hall–Kier alpha value is -4.08. The van der Waals surface area contributed by atoms with E-state index in [1.54, 1.807) is 55.6 Å². The molecule has 188 valence electrons. The van der Waals surface area contributed by atoms with Crippen LogP contribution in [0.15, 0.2) is 48.9 Å². The normalized spacial score (nSPS) is 18.0. The Morgan fingerprint density at radius 1 is 1.19 bits per heavy atom. The number of amides is 3. The number of likely N-dealkylation sites (tertiary alicyclic amines) is 1. The van der Waals surface area contributed by atoms with Crippen LogP contribution in [0.4, 0.5) is 11.6 Å². The van der Waals surface area contributed by atoms with Gasteiger partial charge in [-0.1, -0.05) is 13.0 Å². The third kappa shape index (κ3) is 4.98. The largest absolute Gasteiger partial charge is 0.384 e. The lowest BCUT2D eigenvalue weighted by Crippen LogP contribution is -2.69. The smallest absolute Gasteiger partial charge is 0.252 e. The number of carbonyl (C=O) groups excluding carboxylic acids is 3. The summed E-state index contributed by atoms with van der Waals surface area (Å²) in [5, 5.41) is 4.29. The van der Waals surface area contributed by atoms with Crippen molar-refractivity contribution in [2.75, 3.05) is 17.7 Å². The van der Waals surface area contributed by atoms with E-state index in [1.807, 2.05) is 26.0 Å². The highest BCUT2D eigenvalue weighted by atomic mass is 16.2. The zero-order chi connectivity index (χ0) is 26.0. The van der Waals surface area contributed by atoms with Crippen molar-refractivity contribution in [3.05, 3.63) is 65.7 Å². The highest BCUT2D eigenvalue weighted by molar-refractivity contribution is 6.12. The summed E-state index contributed by atoms with van der Waals surface area (Å²) in [5.41, 5.74) is 8.41. The molecule has 1 aliphatic heterocycles. The molecule has 1 fully saturated rings. The molecule has 0 aliphatic carbocycles. The zero-order valence-corrected chi connectivity index (χ0v) is 21.0. The van der Waals surface area contributed by atoms with Crippen LogP contribution in [-0.4, -0.2) is 55.5 Å². The average molecular weight is 490 g/mol. The number of aromatic nitrogens is 4. The fraction of sp³-hybridized carbons (Fsp3) is 0.385. The van der Waals surface area contributed by atoms with Gasteiger partial charge in [0.25, 0.3) is 5.91 Å². The molecule has 4 heterocycles. The van der Waals surface area contributed by atoms with Gasteiger partial charge in [0.15, 0.2) is 5.82 Å². The number of carbonyl (C=O) groups is 3. The molecule has 0 bridgehead atoms. The van der Waals surface area contributed by atoms with Gasteiger partial charge in [-0.25, -0.2) is 4.98 Å². The minimum Gasteiger partial charge on any atom is -0.384 e. The number of likely N-dealkylation sites (N-methyl/N-ethyl adjacent to an activating group) is 1. The SMILES string of the molecule is CC[C@@H](CC(=O)N1C(=O)[C@H](Cc2ccnc(N)c2)[C@H]1C(=O)N(C)c1ccn(C)n1)c1ccc(C)nc1. The van der Waals surface area contributed by atoms with Gasteiger partial charge in [-0.15, -0.1) is 0 Å². The average Bonchev–Trinajstić information content (AvgIpc) is 3.30. The number of β-lactam (4-membered cyclic amide) rings is 1. The molecule has 1 aliphatic rings. The summed E-state index contributed by atoms with van der Waals surface area (Å²) < 4.78 is 1.59. The van der Waals surface area contributed by atoms with E-state index in [9.17, 15) is 14.4 Å². The number of hydrogen-bond donors (Lipinski definition) is 1. The molecule has 0 radical (unpaired) electrons. The van der Waals surface area contributed by atoms with Gasteiger partial charge in [0.1, 0.15) is 11.9 Å². The van der Waals surface area contributed by atoms with Gasteiger partial charge in [0.05, 0.1) is 5.92 Å². The van der Waals surface area contributed by atoms with Crippen molar-refractivity contribution in [1.29, 1.82) is 0 Å². The third-order valence-corrected chi connectivity index (χ3v) is 6.73. The van der Waals surface area contributed by atoms with E-state index < -0.39 is 12.0 Å². The maximum Gasteiger partial charge on any atom is 0.252 e. The van der Waals surface area contributed by atoms with Crippen molar-refractivity contribution in [2.24, 2.45) is 13.0 Å². The van der Waals surface area contributed by atoms with Gasteiger partial charge in [-0.2, -0.15) is 5.10 Å². The Balaban J connectivity index is 1.59. The second-order valence-electron chi connectivity index (χ2n) is 9.23. The van der Waals surface area contributed by atoms with Crippen molar-refractivity contribution >= 4 is 29.4 Å². The molecule has 10 nitrogen and oxygen atoms in total. The molecule has 3 aromatic rings.